The maximum Gasteiger partial charge on any atom is 0.335 e. The molecular weight excluding hydrogens is 384 g/mol. The number of carbonyl (C=O) groups is 1. The number of aliphatic hydroxyl groups excluding tert-OH is 6. The molecule has 3 rings (SSSR count). The summed E-state index contributed by atoms with van der Waals surface area (Å²) in [5.41, 5.74) is -2.60. The highest BCUT2D eigenvalue weighted by Gasteiger charge is 2.59. The van der Waals surface area contributed by atoms with Gasteiger partial charge in [-0.2, -0.15) is 0 Å². The van der Waals surface area contributed by atoms with Crippen molar-refractivity contribution in [2.45, 2.75) is 42.6 Å². The number of fused-ring (bicyclic) bond motifs is 1. The Morgan fingerprint density at radius 1 is 1.14 bits per heavy atom. The normalized spacial score (nSPS) is 45.6. The average Bonchev–Trinajstić information content (AvgIpc) is 2.93. The fourth-order valence-electron chi connectivity index (χ4n) is 3.68. The number of aliphatic hydroxyl groups is 7. The summed E-state index contributed by atoms with van der Waals surface area (Å²) in [7, 11) is 0. The van der Waals surface area contributed by atoms with E-state index >= 15 is 0 Å². The molecule has 1 aliphatic carbocycles. The summed E-state index contributed by atoms with van der Waals surface area (Å²) in [5, 5.41) is 78.5. The van der Waals surface area contributed by atoms with E-state index in [9.17, 15) is 45.6 Å². The molecule has 0 spiro atoms. The van der Waals surface area contributed by atoms with E-state index in [4.69, 9.17) is 14.2 Å². The Kier molecular flexibility index (Phi) is 5.67. The number of hydrogen-bond donors (Lipinski definition) is 8. The largest absolute Gasteiger partial charge is 0.509 e. The van der Waals surface area contributed by atoms with Gasteiger partial charge in [-0.15, -0.1) is 0 Å². The third kappa shape index (κ3) is 3.17. The molecule has 12 heteroatoms. The third-order valence-corrected chi connectivity index (χ3v) is 5.31. The van der Waals surface area contributed by atoms with Gasteiger partial charge in [0.2, 0.25) is 6.29 Å². The molecule has 1 saturated heterocycles. The predicted octanol–water partition coefficient (Wildman–Crippen LogP) is -3.46. The molecule has 28 heavy (non-hydrogen) atoms. The van der Waals surface area contributed by atoms with Crippen molar-refractivity contribution in [3.63, 3.8) is 0 Å². The van der Waals surface area contributed by atoms with Gasteiger partial charge in [0.15, 0.2) is 11.9 Å². The van der Waals surface area contributed by atoms with Crippen LogP contribution in [0.25, 0.3) is 0 Å². The zero-order valence-electron chi connectivity index (χ0n) is 14.4. The summed E-state index contributed by atoms with van der Waals surface area (Å²) >= 11 is 0. The van der Waals surface area contributed by atoms with Gasteiger partial charge in [-0.05, 0) is 6.08 Å². The van der Waals surface area contributed by atoms with Crippen LogP contribution >= 0.6 is 0 Å². The maximum absolute atomic E-state index is 11.4. The van der Waals surface area contributed by atoms with Crippen LogP contribution in [0.4, 0.5) is 0 Å². The first-order valence-corrected chi connectivity index (χ1v) is 8.45. The van der Waals surface area contributed by atoms with Gasteiger partial charge in [0.25, 0.3) is 0 Å². The van der Waals surface area contributed by atoms with Gasteiger partial charge in [-0.3, -0.25) is 0 Å². The lowest BCUT2D eigenvalue weighted by Crippen LogP contribution is -2.61. The molecule has 158 valence electrons. The average molecular weight is 406 g/mol. The molecule has 12 nitrogen and oxygen atoms in total. The summed E-state index contributed by atoms with van der Waals surface area (Å²) in [5.74, 6) is -4.49. The smallest absolute Gasteiger partial charge is 0.335 e. The fraction of sp³-hybridized carbons (Fsp3) is 0.688. The number of rotatable bonds is 5. The molecule has 3 aliphatic rings. The first kappa shape index (κ1) is 21.0. The number of allylic oxidation sites excluding steroid dienone is 1. The van der Waals surface area contributed by atoms with E-state index in [-0.39, 0.29) is 5.57 Å². The van der Waals surface area contributed by atoms with E-state index in [1.807, 2.05) is 0 Å². The molecule has 0 saturated carbocycles. The fourth-order valence-corrected chi connectivity index (χ4v) is 3.68. The summed E-state index contributed by atoms with van der Waals surface area (Å²) in [4.78, 5) is 11.4. The van der Waals surface area contributed by atoms with Crippen LogP contribution in [0.3, 0.4) is 0 Å². The highest BCUT2D eigenvalue weighted by Crippen LogP contribution is 2.48. The number of aliphatic carboxylic acids is 1. The molecule has 0 aromatic heterocycles. The Hall–Kier alpha value is -1.77. The van der Waals surface area contributed by atoms with Crippen LogP contribution in [-0.2, 0) is 19.0 Å². The monoisotopic (exact) mass is 406 g/mol. The Labute approximate surface area is 158 Å². The van der Waals surface area contributed by atoms with Crippen molar-refractivity contribution in [2.75, 3.05) is 13.2 Å². The van der Waals surface area contributed by atoms with Gasteiger partial charge in [0.1, 0.15) is 30.2 Å². The minimum absolute atomic E-state index is 0.311. The van der Waals surface area contributed by atoms with Crippen molar-refractivity contribution < 1.29 is 59.9 Å². The van der Waals surface area contributed by atoms with Gasteiger partial charge < -0.3 is 55.1 Å². The van der Waals surface area contributed by atoms with E-state index in [1.54, 1.807) is 0 Å². The molecule has 4 unspecified atom stereocenters. The Bertz CT molecular complexity index is 675. The van der Waals surface area contributed by atoms with Crippen LogP contribution in [0.1, 0.15) is 0 Å². The zero-order valence-corrected chi connectivity index (χ0v) is 14.4. The molecule has 0 aromatic carbocycles. The molecule has 2 heterocycles. The number of carboxylic acids is 1. The Morgan fingerprint density at radius 3 is 2.39 bits per heavy atom. The van der Waals surface area contributed by atoms with E-state index in [1.165, 1.54) is 0 Å². The lowest BCUT2D eigenvalue weighted by molar-refractivity contribution is -0.347. The minimum atomic E-state index is -2.29. The van der Waals surface area contributed by atoms with Crippen molar-refractivity contribution in [2.24, 2.45) is 11.8 Å². The van der Waals surface area contributed by atoms with Crippen molar-refractivity contribution in [3.8, 4) is 0 Å². The number of hydrogen-bond acceptors (Lipinski definition) is 11. The lowest BCUT2D eigenvalue weighted by atomic mass is 9.79. The second kappa shape index (κ2) is 7.57. The van der Waals surface area contributed by atoms with E-state index in [0.717, 1.165) is 12.3 Å². The number of ether oxygens (including phenoxy) is 3. The summed E-state index contributed by atoms with van der Waals surface area (Å²) in [6.45, 7) is -1.68. The predicted molar refractivity (Wildman–Crippen MR) is 85.2 cm³/mol. The van der Waals surface area contributed by atoms with Gasteiger partial charge in [-0.1, -0.05) is 0 Å². The van der Waals surface area contributed by atoms with Gasteiger partial charge in [-0.25, -0.2) is 4.79 Å². The molecule has 9 atom stereocenters. The summed E-state index contributed by atoms with van der Waals surface area (Å²) < 4.78 is 15.9. The van der Waals surface area contributed by atoms with E-state index in [0.29, 0.717) is 0 Å². The van der Waals surface area contributed by atoms with Gasteiger partial charge >= 0.3 is 5.97 Å². The van der Waals surface area contributed by atoms with Crippen LogP contribution in [0.15, 0.2) is 23.7 Å². The first-order chi connectivity index (χ1) is 13.2. The minimum Gasteiger partial charge on any atom is -0.509 e. The SMILES string of the molecule is O=C(O)C1=COC(O[C@@H]2O[C@H](CO)[C@@H](O)[C@H](O)[C@H]2O)C2C1C=C(O)C2(O)CO. The second-order valence-electron chi connectivity index (χ2n) is 6.90. The molecular formula is C16H22O12. The van der Waals surface area contributed by atoms with Gasteiger partial charge in [0, 0.05) is 5.92 Å². The molecule has 2 aliphatic heterocycles. The standard InChI is InChI=1S/C16H22O12/c17-2-7-10(20)11(21)12(22)15(27-7)28-14-9-5(6(3-26-14)13(23)24)1-8(19)16(9,25)4-18/h1,3,5,7,9-12,14-15,17-22,25H,2,4H2,(H,23,24)/t5?,7-,9?,10-,11+,12-,14?,15+,16?/m1/s1. The third-order valence-electron chi connectivity index (χ3n) is 5.31. The quantitative estimate of drug-likeness (QED) is 0.224. The Balaban J connectivity index is 1.88. The topological polar surface area (TPSA) is 207 Å². The van der Waals surface area contributed by atoms with Crippen LogP contribution in [-0.4, -0.2) is 103 Å². The molecule has 0 amide bonds. The van der Waals surface area contributed by atoms with Gasteiger partial charge in [0.05, 0.1) is 31.0 Å². The Morgan fingerprint density at radius 2 is 1.82 bits per heavy atom. The summed E-state index contributed by atoms with van der Waals surface area (Å²) in [6.07, 6.45) is -7.65. The highest BCUT2D eigenvalue weighted by molar-refractivity contribution is 5.88. The lowest BCUT2D eigenvalue weighted by Gasteiger charge is -2.44. The molecule has 0 bridgehead atoms. The first-order valence-electron chi connectivity index (χ1n) is 8.45. The van der Waals surface area contributed by atoms with Crippen molar-refractivity contribution in [3.05, 3.63) is 23.7 Å². The van der Waals surface area contributed by atoms with Crippen LogP contribution in [0.5, 0.6) is 0 Å². The van der Waals surface area contributed by atoms with E-state index in [2.05, 4.69) is 0 Å². The van der Waals surface area contributed by atoms with Crippen molar-refractivity contribution in [1.82, 2.24) is 0 Å². The zero-order chi connectivity index (χ0) is 20.8. The van der Waals surface area contributed by atoms with Crippen LogP contribution < -0.4 is 0 Å². The molecule has 1 fully saturated rings. The van der Waals surface area contributed by atoms with E-state index < -0.39 is 79.4 Å². The molecule has 0 aromatic rings. The number of carboxylic acid groups (broad SMARTS) is 1. The second-order valence-corrected chi connectivity index (χ2v) is 6.90. The highest BCUT2D eigenvalue weighted by atomic mass is 16.8. The van der Waals surface area contributed by atoms with Crippen LogP contribution in [0.2, 0.25) is 0 Å². The molecule has 0 radical (unpaired) electrons. The van der Waals surface area contributed by atoms with Crippen LogP contribution in [0, 0.1) is 11.8 Å². The maximum atomic E-state index is 11.4. The van der Waals surface area contributed by atoms with Crippen molar-refractivity contribution >= 4 is 5.97 Å². The summed E-state index contributed by atoms with van der Waals surface area (Å²) in [6, 6.07) is 0. The van der Waals surface area contributed by atoms with Crippen molar-refractivity contribution in [1.29, 1.82) is 0 Å². The molecule has 8 N–H and O–H groups in total.